The molecule has 0 radical (unpaired) electrons. The van der Waals surface area contributed by atoms with E-state index in [0.29, 0.717) is 12.6 Å². The maximum atomic E-state index is 5.72. The first-order chi connectivity index (χ1) is 7.34. The largest absolute Gasteiger partial charge is 0.417 e. The quantitative estimate of drug-likeness (QED) is 0.742. The number of nitrogens with one attached hydrogen (secondary N) is 1. The first kappa shape index (κ1) is 10.7. The normalized spacial score (nSPS) is 16.1. The maximum absolute atomic E-state index is 5.72. The molecule has 0 amide bonds. The zero-order chi connectivity index (χ0) is 10.5. The van der Waals surface area contributed by atoms with Gasteiger partial charge < -0.3 is 9.88 Å². The molecule has 1 saturated carbocycles. The van der Waals surface area contributed by atoms with Gasteiger partial charge >= 0.3 is 7.05 Å². The molecule has 1 N–H and O–H groups in total. The van der Waals surface area contributed by atoms with Crippen molar-refractivity contribution in [2.75, 3.05) is 0 Å². The highest BCUT2D eigenvalue weighted by Crippen LogP contribution is 2.18. The number of benzene rings is 1. The summed E-state index contributed by atoms with van der Waals surface area (Å²) in [5.74, 6) is 0. The van der Waals surface area contributed by atoms with Gasteiger partial charge in [0.05, 0.1) is 6.61 Å². The van der Waals surface area contributed by atoms with Crippen LogP contribution in [0.2, 0.25) is 6.82 Å². The first-order valence-corrected chi connectivity index (χ1v) is 5.76. The summed E-state index contributed by atoms with van der Waals surface area (Å²) < 4.78 is 5.72. The molecule has 2 rings (SSSR count). The molecule has 0 unspecified atom stereocenters. The molecule has 15 heavy (non-hydrogen) atoms. The molecule has 0 aromatic heterocycles. The fourth-order valence-corrected chi connectivity index (χ4v) is 1.75. The van der Waals surface area contributed by atoms with E-state index in [1.54, 1.807) is 0 Å². The van der Waals surface area contributed by atoms with E-state index in [1.165, 1.54) is 24.8 Å². The van der Waals surface area contributed by atoms with Crippen LogP contribution in [0.5, 0.6) is 0 Å². The number of hydrogen-bond donors (Lipinski definition) is 1. The molecule has 1 aliphatic carbocycles. The summed E-state index contributed by atoms with van der Waals surface area (Å²) >= 11 is 0. The van der Waals surface area contributed by atoms with Crippen LogP contribution in [0.25, 0.3) is 0 Å². The minimum atomic E-state index is 0.163. The highest BCUT2D eigenvalue weighted by Gasteiger charge is 2.21. The molecule has 0 bridgehead atoms. The lowest BCUT2D eigenvalue weighted by atomic mass is 9.81. The van der Waals surface area contributed by atoms with Crippen molar-refractivity contribution >= 4 is 7.05 Å². The van der Waals surface area contributed by atoms with E-state index in [9.17, 15) is 0 Å². The van der Waals surface area contributed by atoms with E-state index in [2.05, 4.69) is 24.2 Å². The molecule has 1 fully saturated rings. The predicted molar refractivity (Wildman–Crippen MR) is 63.6 cm³/mol. The standard InChI is InChI=1S/C12H18BNO/c1-13(14-12-8-5-9-12)15-10-11-6-3-2-4-7-11/h2-4,6-7,12,14H,5,8-10H2,1H3. The van der Waals surface area contributed by atoms with Gasteiger partial charge in [-0.25, -0.2) is 0 Å². The molecule has 2 nitrogen and oxygen atoms in total. The topological polar surface area (TPSA) is 21.3 Å². The van der Waals surface area contributed by atoms with Crippen LogP contribution in [0.3, 0.4) is 0 Å². The Hall–Kier alpha value is -0.795. The van der Waals surface area contributed by atoms with Gasteiger partial charge in [-0.1, -0.05) is 36.8 Å². The summed E-state index contributed by atoms with van der Waals surface area (Å²) in [7, 11) is 0.163. The minimum Gasteiger partial charge on any atom is -0.417 e. The fourth-order valence-electron chi connectivity index (χ4n) is 1.75. The Kier molecular flexibility index (Phi) is 3.81. The van der Waals surface area contributed by atoms with Crippen LogP contribution in [0.15, 0.2) is 30.3 Å². The lowest BCUT2D eigenvalue weighted by Crippen LogP contribution is -2.45. The summed E-state index contributed by atoms with van der Waals surface area (Å²) in [6.07, 6.45) is 3.97. The van der Waals surface area contributed by atoms with Crippen molar-refractivity contribution in [3.63, 3.8) is 0 Å². The van der Waals surface area contributed by atoms with Gasteiger partial charge in [-0.2, -0.15) is 0 Å². The van der Waals surface area contributed by atoms with Crippen molar-refractivity contribution in [3.05, 3.63) is 35.9 Å². The third kappa shape index (κ3) is 3.36. The Labute approximate surface area is 92.2 Å². The van der Waals surface area contributed by atoms with Crippen molar-refractivity contribution in [3.8, 4) is 0 Å². The zero-order valence-electron chi connectivity index (χ0n) is 9.28. The Morgan fingerprint density at radius 3 is 2.67 bits per heavy atom. The van der Waals surface area contributed by atoms with Gasteiger partial charge in [0.2, 0.25) is 0 Å². The van der Waals surface area contributed by atoms with Crippen LogP contribution in [-0.2, 0) is 11.3 Å². The molecular formula is C12H18BNO. The summed E-state index contributed by atoms with van der Waals surface area (Å²) in [5.41, 5.74) is 1.24. The third-order valence-corrected chi connectivity index (χ3v) is 2.92. The van der Waals surface area contributed by atoms with Gasteiger partial charge in [0.15, 0.2) is 0 Å². The van der Waals surface area contributed by atoms with E-state index in [1.807, 2.05) is 18.2 Å². The maximum Gasteiger partial charge on any atom is 0.376 e. The third-order valence-electron chi connectivity index (χ3n) is 2.92. The molecule has 1 aromatic rings. The molecule has 0 spiro atoms. The summed E-state index contributed by atoms with van der Waals surface area (Å²) in [6.45, 7) is 2.78. The van der Waals surface area contributed by atoms with E-state index in [-0.39, 0.29) is 7.05 Å². The highest BCUT2D eigenvalue weighted by atomic mass is 16.4. The minimum absolute atomic E-state index is 0.163. The molecule has 0 saturated heterocycles. The Bertz CT molecular complexity index is 287. The van der Waals surface area contributed by atoms with E-state index in [0.717, 1.165) is 0 Å². The van der Waals surface area contributed by atoms with Crippen molar-refractivity contribution in [2.24, 2.45) is 0 Å². The fraction of sp³-hybridized carbons (Fsp3) is 0.500. The van der Waals surface area contributed by atoms with Crippen molar-refractivity contribution in [2.45, 2.75) is 38.7 Å². The van der Waals surface area contributed by atoms with Gasteiger partial charge in [-0.15, -0.1) is 0 Å². The monoisotopic (exact) mass is 203 g/mol. The second-order valence-electron chi connectivity index (χ2n) is 4.23. The van der Waals surface area contributed by atoms with E-state index in [4.69, 9.17) is 4.65 Å². The number of hydrogen-bond acceptors (Lipinski definition) is 2. The van der Waals surface area contributed by atoms with Crippen LogP contribution in [0.4, 0.5) is 0 Å². The lowest BCUT2D eigenvalue weighted by molar-refractivity contribution is 0.283. The summed E-state index contributed by atoms with van der Waals surface area (Å²) in [5, 5.41) is 3.46. The van der Waals surface area contributed by atoms with Crippen LogP contribution in [0, 0.1) is 0 Å². The molecule has 3 heteroatoms. The van der Waals surface area contributed by atoms with Crippen LogP contribution < -0.4 is 5.23 Å². The van der Waals surface area contributed by atoms with Crippen molar-refractivity contribution in [1.82, 2.24) is 5.23 Å². The Balaban J connectivity index is 1.68. The van der Waals surface area contributed by atoms with Crippen LogP contribution >= 0.6 is 0 Å². The van der Waals surface area contributed by atoms with Gasteiger partial charge in [0.25, 0.3) is 0 Å². The molecule has 80 valence electrons. The van der Waals surface area contributed by atoms with Crippen LogP contribution in [0.1, 0.15) is 24.8 Å². The van der Waals surface area contributed by atoms with Crippen molar-refractivity contribution in [1.29, 1.82) is 0 Å². The second kappa shape index (κ2) is 5.33. The van der Waals surface area contributed by atoms with E-state index < -0.39 is 0 Å². The first-order valence-electron chi connectivity index (χ1n) is 5.76. The van der Waals surface area contributed by atoms with Gasteiger partial charge in [-0.3, -0.25) is 0 Å². The molecule has 0 atom stereocenters. The average molecular weight is 203 g/mol. The molecule has 0 heterocycles. The van der Waals surface area contributed by atoms with Gasteiger partial charge in [-0.05, 0) is 31.3 Å². The highest BCUT2D eigenvalue weighted by molar-refractivity contribution is 6.47. The van der Waals surface area contributed by atoms with Gasteiger partial charge in [0.1, 0.15) is 0 Å². The SMILES string of the molecule is CB(NC1CCC1)OCc1ccccc1. The smallest absolute Gasteiger partial charge is 0.376 e. The molecular weight excluding hydrogens is 185 g/mol. The Morgan fingerprint density at radius 2 is 2.07 bits per heavy atom. The summed E-state index contributed by atoms with van der Waals surface area (Å²) in [4.78, 5) is 0. The average Bonchev–Trinajstić information content (AvgIpc) is 2.22. The van der Waals surface area contributed by atoms with Crippen LogP contribution in [-0.4, -0.2) is 13.1 Å². The van der Waals surface area contributed by atoms with Gasteiger partial charge in [0, 0.05) is 0 Å². The second-order valence-corrected chi connectivity index (χ2v) is 4.23. The zero-order valence-corrected chi connectivity index (χ0v) is 9.28. The Morgan fingerprint density at radius 1 is 1.33 bits per heavy atom. The lowest BCUT2D eigenvalue weighted by Gasteiger charge is -2.28. The molecule has 1 aliphatic rings. The number of rotatable bonds is 5. The molecule has 1 aromatic carbocycles. The predicted octanol–water partition coefficient (Wildman–Crippen LogP) is 2.46. The van der Waals surface area contributed by atoms with E-state index >= 15 is 0 Å². The van der Waals surface area contributed by atoms with Crippen molar-refractivity contribution < 1.29 is 4.65 Å². The molecule has 0 aliphatic heterocycles. The summed E-state index contributed by atoms with van der Waals surface area (Å²) in [6, 6.07) is 11.0.